The zero-order chi connectivity index (χ0) is 29.1. The molecule has 6 rings (SSSR count). The van der Waals surface area contributed by atoms with E-state index in [9.17, 15) is 6.17 Å². The number of aryl methyl sites for hydroxylation is 1. The van der Waals surface area contributed by atoms with Gasteiger partial charge in [-0.2, -0.15) is 0 Å². The first kappa shape index (κ1) is 4.83. The van der Waals surface area contributed by atoms with Crippen molar-refractivity contribution in [2.24, 2.45) is 5.89 Å². The molecule has 1 aromatic carbocycles. The van der Waals surface area contributed by atoms with E-state index in [1.54, 1.807) is 0 Å². The Morgan fingerprint density at radius 3 is 2.95 bits per heavy atom. The Balaban J connectivity index is 1.88. The Morgan fingerprint density at radius 1 is 1.23 bits per heavy atom. The molecule has 3 saturated heterocycles. The maximum Gasteiger partial charge on any atom is 0.254 e. The van der Waals surface area contributed by atoms with Crippen molar-refractivity contribution in [2.75, 3.05) is 26.0 Å². The first-order chi connectivity index (χ1) is 16.8. The maximum absolute atomic E-state index is 14.0. The van der Waals surface area contributed by atoms with Gasteiger partial charge in [-0.25, -0.2) is 0 Å². The Bertz CT molecular complexity index is 1230. The molecule has 0 unspecified atom stereocenters. The van der Waals surface area contributed by atoms with E-state index in [1.807, 2.05) is 0 Å². The zero-order valence-corrected chi connectivity index (χ0v) is 11.5. The predicted octanol–water partition coefficient (Wildman–Crippen LogP) is 2.66. The third-order valence-corrected chi connectivity index (χ3v) is 4.19. The van der Waals surface area contributed by atoms with Gasteiger partial charge in [-0.05, 0) is 68.0 Å². The fraction of sp³-hybridized carbons (Fsp3) is 0.632. The highest BCUT2D eigenvalue weighted by atomic mass is 16.2. The number of piperidine rings is 3. The Morgan fingerprint density at radius 2 is 2.09 bits per heavy atom. The number of hydrogen-bond acceptors (Lipinski definition) is 2. The molecule has 2 atom stereocenters. The molecule has 3 fully saturated rings. The van der Waals surface area contributed by atoms with E-state index >= 15 is 0 Å². The fourth-order valence-corrected chi connectivity index (χ4v) is 3.19. The molecule has 0 aromatic heterocycles. The van der Waals surface area contributed by atoms with Gasteiger partial charge in [0.05, 0.1) is 4.11 Å². The van der Waals surface area contributed by atoms with Crippen molar-refractivity contribution in [3.8, 4) is 0 Å². The van der Waals surface area contributed by atoms with Crippen LogP contribution in [0, 0.1) is 5.89 Å². The molecule has 5 aliphatic rings. The maximum atomic E-state index is 14.0. The third kappa shape index (κ3) is 1.81. The lowest BCUT2D eigenvalue weighted by molar-refractivity contribution is 0.00258. The molecular formula is C19H24N2O. The number of benzene rings is 1. The molecule has 22 heavy (non-hydrogen) atoms. The number of fused-ring (bicyclic) bond motifs is 3. The van der Waals surface area contributed by atoms with E-state index in [1.165, 1.54) is 18.2 Å². The lowest BCUT2D eigenvalue weighted by Crippen LogP contribution is -2.60. The van der Waals surface area contributed by atoms with E-state index in [0.29, 0.717) is 0 Å². The largest absolute Gasteiger partial charge is 0.333 e. The van der Waals surface area contributed by atoms with Crippen LogP contribution in [0.5, 0.6) is 0 Å². The van der Waals surface area contributed by atoms with Gasteiger partial charge in [-0.3, -0.25) is 4.79 Å². The van der Waals surface area contributed by atoms with Crippen LogP contribution in [-0.2, 0) is 6.37 Å². The van der Waals surface area contributed by atoms with Gasteiger partial charge in [0.25, 0.3) is 5.91 Å². The Hall–Kier alpha value is -1.35. The second-order valence-electron chi connectivity index (χ2n) is 5.45. The van der Waals surface area contributed by atoms with E-state index in [2.05, 4.69) is 0 Å². The van der Waals surface area contributed by atoms with Crippen LogP contribution in [0.2, 0.25) is 0 Å². The van der Waals surface area contributed by atoms with Crippen molar-refractivity contribution in [3.63, 3.8) is 0 Å². The molecule has 1 aliphatic carbocycles. The molecule has 3 heteroatoms. The molecule has 4 aliphatic heterocycles. The lowest BCUT2D eigenvalue weighted by atomic mass is 9.75. The van der Waals surface area contributed by atoms with E-state index in [4.69, 9.17) is 20.6 Å². The smallest absolute Gasteiger partial charge is 0.254 e. The summed E-state index contributed by atoms with van der Waals surface area (Å²) in [6, 6.07) is -0.00870. The SMILES string of the molecule is [2H]C1([2H])CC[C@H]2c3c(cccc31)C(=O)N([C@]1([2H])C([2H])([2H])N3C([2H])([2H])C([2H])([2H])C1([2H])C([2H])([2H])C3([2H])[2H])C2([2H])[2H]. The summed E-state index contributed by atoms with van der Waals surface area (Å²) in [7, 11) is 0. The highest BCUT2D eigenvalue weighted by Gasteiger charge is 2.43. The van der Waals surface area contributed by atoms with Crippen LogP contribution in [0.1, 0.15) is 74.9 Å². The molecular weight excluding hydrogens is 272 g/mol. The van der Waals surface area contributed by atoms with Crippen LogP contribution < -0.4 is 0 Å². The van der Waals surface area contributed by atoms with Crippen molar-refractivity contribution in [3.05, 3.63) is 34.9 Å². The standard InChI is InChI=1S/C19H24N2O/c22-19-16-6-2-4-14-3-1-5-15(18(14)16)11-21(19)17-12-20-9-7-13(17)8-10-20/h2,4,6,13,15,17H,1,3,5,7-12H2/t15-,17-/m1/s1/i3D2,7D2,8D2,9D2,10D2,11D2,12D2,13D,17D. The van der Waals surface area contributed by atoms with Crippen LogP contribution in [0.25, 0.3) is 0 Å². The molecule has 0 N–H and O–H groups in total. The number of rotatable bonds is 1. The first-order valence-corrected chi connectivity index (χ1v) is 7.13. The van der Waals surface area contributed by atoms with Crippen LogP contribution in [0.15, 0.2) is 18.2 Å². The molecule has 0 saturated carbocycles. The minimum atomic E-state index is -4.06. The Kier molecular flexibility index (Phi) is 1.06. The van der Waals surface area contributed by atoms with Gasteiger partial charge in [0, 0.05) is 48.3 Å². The molecule has 1 aromatic rings. The summed E-state index contributed by atoms with van der Waals surface area (Å²) in [5.74, 6) is -6.87. The van der Waals surface area contributed by atoms with Crippen molar-refractivity contribution in [2.45, 2.75) is 43.9 Å². The predicted molar refractivity (Wildman–Crippen MR) is 86.1 cm³/mol. The molecule has 0 spiro atoms. The van der Waals surface area contributed by atoms with Crippen LogP contribution in [0.3, 0.4) is 0 Å². The van der Waals surface area contributed by atoms with Crippen molar-refractivity contribution < 1.29 is 26.7 Å². The summed E-state index contributed by atoms with van der Waals surface area (Å²) in [5.41, 5.74) is -0.338. The number of hydrogen-bond donors (Lipinski definition) is 0. The van der Waals surface area contributed by atoms with E-state index in [0.717, 1.165) is 0 Å². The van der Waals surface area contributed by atoms with Gasteiger partial charge in [0.2, 0.25) is 0 Å². The number of carbonyl (C=O) groups is 1. The fourth-order valence-electron chi connectivity index (χ4n) is 3.19. The van der Waals surface area contributed by atoms with Gasteiger partial charge in [0.15, 0.2) is 0 Å². The minimum Gasteiger partial charge on any atom is -0.333 e. The van der Waals surface area contributed by atoms with Crippen molar-refractivity contribution in [1.29, 1.82) is 0 Å². The quantitative estimate of drug-likeness (QED) is 0.796. The van der Waals surface area contributed by atoms with Crippen molar-refractivity contribution >= 4 is 5.91 Å². The number of carbonyl (C=O) groups excluding carboxylic acids is 1. The van der Waals surface area contributed by atoms with Crippen LogP contribution in [-0.4, -0.2) is 47.7 Å². The number of amides is 1. The second kappa shape index (κ2) is 4.82. The topological polar surface area (TPSA) is 23.6 Å². The molecule has 2 bridgehead atoms. The summed E-state index contributed by atoms with van der Waals surface area (Å²) < 4.78 is 137. The first-order valence-electron chi connectivity index (χ1n) is 15.1. The van der Waals surface area contributed by atoms with Crippen molar-refractivity contribution in [1.82, 2.24) is 9.80 Å². The zero-order valence-electron chi connectivity index (χ0n) is 27.5. The summed E-state index contributed by atoms with van der Waals surface area (Å²) in [6.07, 6.45) is -10.1. The summed E-state index contributed by atoms with van der Waals surface area (Å²) in [5, 5.41) is 0. The van der Waals surface area contributed by atoms with Gasteiger partial charge in [0.1, 0.15) is 0 Å². The highest BCUT2D eigenvalue weighted by Crippen LogP contribution is 2.41. The summed E-state index contributed by atoms with van der Waals surface area (Å²) in [6.45, 7) is -14.3. The Labute approximate surface area is 154 Å². The van der Waals surface area contributed by atoms with Crippen LogP contribution >= 0.6 is 0 Å². The lowest BCUT2D eigenvalue weighted by Gasteiger charge is -2.51. The summed E-state index contributed by atoms with van der Waals surface area (Å²) >= 11 is 0. The monoisotopic (exact) mass is 312 g/mol. The normalized spacial score (nSPS) is 69.8. The average Bonchev–Trinajstić information content (AvgIpc) is 2.74. The van der Waals surface area contributed by atoms with Gasteiger partial charge >= 0.3 is 0 Å². The van der Waals surface area contributed by atoms with Crippen LogP contribution in [0.4, 0.5) is 0 Å². The number of nitrogens with zero attached hydrogens (tertiary/aromatic N) is 2. The van der Waals surface area contributed by atoms with Gasteiger partial charge in [-0.15, -0.1) is 0 Å². The minimum absolute atomic E-state index is 0.0120. The van der Waals surface area contributed by atoms with E-state index < -0.39 is 73.7 Å². The average molecular weight is 313 g/mol. The molecule has 4 heterocycles. The third-order valence-electron chi connectivity index (χ3n) is 4.19. The molecule has 3 nitrogen and oxygen atoms in total. The van der Waals surface area contributed by atoms with E-state index in [-0.39, 0.29) is 34.4 Å². The summed E-state index contributed by atoms with van der Waals surface area (Å²) in [4.78, 5) is 13.5. The molecule has 1 amide bonds. The highest BCUT2D eigenvalue weighted by molar-refractivity contribution is 5.97. The molecule has 0 radical (unpaired) electrons. The van der Waals surface area contributed by atoms with Gasteiger partial charge < -0.3 is 9.80 Å². The second-order valence-corrected chi connectivity index (χ2v) is 5.45. The molecule has 116 valence electrons. The van der Waals surface area contributed by atoms with Gasteiger partial charge in [-0.1, -0.05) is 12.1 Å².